The van der Waals surface area contributed by atoms with E-state index < -0.39 is 6.10 Å². The molecule has 6 nitrogen and oxygen atoms in total. The molecule has 1 aliphatic carbocycles. The highest BCUT2D eigenvalue weighted by molar-refractivity contribution is 5.79. The summed E-state index contributed by atoms with van der Waals surface area (Å²) in [6.45, 7) is 1.16. The molecule has 0 aromatic heterocycles. The monoisotopic (exact) mass is 346 g/mol. The summed E-state index contributed by atoms with van der Waals surface area (Å²) in [5.74, 6) is -0.344. The van der Waals surface area contributed by atoms with Crippen LogP contribution in [0.5, 0.6) is 0 Å². The van der Waals surface area contributed by atoms with E-state index in [-0.39, 0.29) is 36.8 Å². The molecule has 6 heteroatoms. The lowest BCUT2D eigenvalue weighted by Gasteiger charge is -2.37. The Labute approximate surface area is 147 Å². The average molecular weight is 346 g/mol. The van der Waals surface area contributed by atoms with Crippen molar-refractivity contribution in [1.29, 1.82) is 0 Å². The lowest BCUT2D eigenvalue weighted by Crippen LogP contribution is -2.50. The number of fused-ring (bicyclic) bond motifs is 1. The summed E-state index contributed by atoms with van der Waals surface area (Å²) < 4.78 is 0. The minimum absolute atomic E-state index is 0.0404. The quantitative estimate of drug-likeness (QED) is 0.745. The number of hydrogen-bond donors (Lipinski definition) is 3. The molecule has 0 saturated heterocycles. The van der Waals surface area contributed by atoms with E-state index in [1.807, 2.05) is 17.0 Å². The predicted molar refractivity (Wildman–Crippen MR) is 92.5 cm³/mol. The van der Waals surface area contributed by atoms with Crippen molar-refractivity contribution in [3.05, 3.63) is 35.4 Å². The fourth-order valence-electron chi connectivity index (χ4n) is 3.86. The number of carbonyl (C=O) groups excluding carboxylic acids is 2. The van der Waals surface area contributed by atoms with Crippen molar-refractivity contribution in [3.63, 3.8) is 0 Å². The summed E-state index contributed by atoms with van der Waals surface area (Å²) in [5.41, 5.74) is 2.51. The summed E-state index contributed by atoms with van der Waals surface area (Å²) in [6.07, 6.45) is 1.82. The highest BCUT2D eigenvalue weighted by atomic mass is 16.3. The van der Waals surface area contributed by atoms with Gasteiger partial charge in [0.15, 0.2) is 0 Å². The molecule has 3 rings (SSSR count). The zero-order chi connectivity index (χ0) is 17.8. The van der Waals surface area contributed by atoms with Gasteiger partial charge in [0.25, 0.3) is 0 Å². The van der Waals surface area contributed by atoms with Gasteiger partial charge < -0.3 is 20.4 Å². The fraction of sp³-hybridized carbons (Fsp3) is 0.579. The van der Waals surface area contributed by atoms with Crippen LogP contribution in [0.15, 0.2) is 24.3 Å². The Morgan fingerprint density at radius 3 is 2.68 bits per heavy atom. The molecule has 0 bridgehead atoms. The fourth-order valence-corrected chi connectivity index (χ4v) is 3.86. The maximum absolute atomic E-state index is 12.8. The zero-order valence-electron chi connectivity index (χ0n) is 14.4. The molecule has 1 aromatic carbocycles. The van der Waals surface area contributed by atoms with Crippen LogP contribution in [0.1, 0.15) is 36.8 Å². The van der Waals surface area contributed by atoms with E-state index in [2.05, 4.69) is 17.4 Å². The molecule has 136 valence electrons. The second-order valence-corrected chi connectivity index (χ2v) is 7.00. The SMILES string of the molecule is O=C(CCO)N[C@H]1CC[C@H](C(=O)N2CCc3ccccc3C2)C[C@@H]1O. The van der Waals surface area contributed by atoms with Gasteiger partial charge in [-0.2, -0.15) is 0 Å². The number of amides is 2. The first kappa shape index (κ1) is 17.9. The largest absolute Gasteiger partial charge is 0.396 e. The first-order chi connectivity index (χ1) is 12.1. The Bertz CT molecular complexity index is 634. The minimum Gasteiger partial charge on any atom is -0.396 e. The Hall–Kier alpha value is -1.92. The molecule has 1 saturated carbocycles. The molecule has 1 aromatic rings. The number of rotatable bonds is 4. The van der Waals surface area contributed by atoms with Gasteiger partial charge in [-0.25, -0.2) is 0 Å². The standard InChI is InChI=1S/C19H26N2O4/c22-10-8-18(24)20-16-6-5-14(11-17(16)23)19(25)21-9-7-13-3-1-2-4-15(13)12-21/h1-4,14,16-17,22-23H,5-12H2,(H,20,24)/t14-,16-,17-/m0/s1. The molecular formula is C19H26N2O4. The summed E-state index contributed by atoms with van der Waals surface area (Å²) in [4.78, 5) is 26.3. The van der Waals surface area contributed by atoms with Crippen molar-refractivity contribution in [2.24, 2.45) is 5.92 Å². The van der Waals surface area contributed by atoms with Crippen LogP contribution in [-0.4, -0.2) is 52.2 Å². The van der Waals surface area contributed by atoms with Crippen molar-refractivity contribution in [2.45, 2.75) is 50.8 Å². The molecule has 3 atom stereocenters. The minimum atomic E-state index is -0.720. The van der Waals surface area contributed by atoms with Gasteiger partial charge in [0.1, 0.15) is 0 Å². The molecule has 1 heterocycles. The van der Waals surface area contributed by atoms with Gasteiger partial charge in [0.05, 0.1) is 18.8 Å². The molecule has 3 N–H and O–H groups in total. The molecule has 0 spiro atoms. The van der Waals surface area contributed by atoms with Crippen molar-refractivity contribution in [2.75, 3.05) is 13.2 Å². The van der Waals surface area contributed by atoms with Crippen LogP contribution in [0.4, 0.5) is 0 Å². The molecule has 2 aliphatic rings. The van der Waals surface area contributed by atoms with Gasteiger partial charge in [0.2, 0.25) is 11.8 Å². The van der Waals surface area contributed by atoms with Crippen LogP contribution in [0.2, 0.25) is 0 Å². The second-order valence-electron chi connectivity index (χ2n) is 7.00. The maximum Gasteiger partial charge on any atom is 0.226 e. The molecule has 0 unspecified atom stereocenters. The molecule has 25 heavy (non-hydrogen) atoms. The number of nitrogens with zero attached hydrogens (tertiary/aromatic N) is 1. The number of aliphatic hydroxyl groups is 2. The smallest absolute Gasteiger partial charge is 0.226 e. The van der Waals surface area contributed by atoms with Crippen molar-refractivity contribution >= 4 is 11.8 Å². The van der Waals surface area contributed by atoms with E-state index in [1.165, 1.54) is 11.1 Å². The van der Waals surface area contributed by atoms with Crippen molar-refractivity contribution in [3.8, 4) is 0 Å². The average Bonchev–Trinajstić information content (AvgIpc) is 2.62. The van der Waals surface area contributed by atoms with Gasteiger partial charge in [-0.05, 0) is 36.8 Å². The van der Waals surface area contributed by atoms with Crippen LogP contribution < -0.4 is 5.32 Å². The third kappa shape index (κ3) is 4.19. The Morgan fingerprint density at radius 1 is 1.20 bits per heavy atom. The third-order valence-electron chi connectivity index (χ3n) is 5.29. The molecule has 2 amide bonds. The van der Waals surface area contributed by atoms with Gasteiger partial charge in [0, 0.05) is 25.4 Å². The van der Waals surface area contributed by atoms with E-state index in [9.17, 15) is 14.7 Å². The van der Waals surface area contributed by atoms with Crippen LogP contribution >= 0.6 is 0 Å². The summed E-state index contributed by atoms with van der Waals surface area (Å²) in [7, 11) is 0. The number of aliphatic hydroxyl groups excluding tert-OH is 2. The summed E-state index contributed by atoms with van der Waals surface area (Å²) in [6, 6.07) is 7.87. The number of carbonyl (C=O) groups is 2. The molecular weight excluding hydrogens is 320 g/mol. The normalized spacial score (nSPS) is 26.0. The predicted octanol–water partition coefficient (Wildman–Crippen LogP) is 0.599. The van der Waals surface area contributed by atoms with Crippen LogP contribution in [0.25, 0.3) is 0 Å². The first-order valence-corrected chi connectivity index (χ1v) is 9.02. The van der Waals surface area contributed by atoms with Crippen LogP contribution in [-0.2, 0) is 22.6 Å². The van der Waals surface area contributed by atoms with E-state index in [0.717, 1.165) is 13.0 Å². The van der Waals surface area contributed by atoms with Crippen LogP contribution in [0.3, 0.4) is 0 Å². The lowest BCUT2D eigenvalue weighted by molar-refractivity contribution is -0.139. The van der Waals surface area contributed by atoms with E-state index in [4.69, 9.17) is 5.11 Å². The zero-order valence-corrected chi connectivity index (χ0v) is 14.4. The molecule has 1 aliphatic heterocycles. The van der Waals surface area contributed by atoms with Gasteiger partial charge in [-0.3, -0.25) is 9.59 Å². The highest BCUT2D eigenvalue weighted by Gasteiger charge is 2.36. The Kier molecular flexibility index (Phi) is 5.71. The van der Waals surface area contributed by atoms with Gasteiger partial charge in [-0.15, -0.1) is 0 Å². The van der Waals surface area contributed by atoms with Crippen LogP contribution in [0, 0.1) is 5.92 Å². The molecule has 0 radical (unpaired) electrons. The number of hydrogen-bond acceptors (Lipinski definition) is 4. The summed E-state index contributed by atoms with van der Waals surface area (Å²) >= 11 is 0. The Balaban J connectivity index is 1.55. The van der Waals surface area contributed by atoms with E-state index in [1.54, 1.807) is 0 Å². The van der Waals surface area contributed by atoms with Gasteiger partial charge in [-0.1, -0.05) is 24.3 Å². The number of nitrogens with one attached hydrogen (secondary N) is 1. The molecule has 1 fully saturated rings. The van der Waals surface area contributed by atoms with Crippen molar-refractivity contribution < 1.29 is 19.8 Å². The number of benzene rings is 1. The second kappa shape index (κ2) is 7.97. The topological polar surface area (TPSA) is 89.9 Å². The third-order valence-corrected chi connectivity index (χ3v) is 5.29. The highest BCUT2D eigenvalue weighted by Crippen LogP contribution is 2.29. The van der Waals surface area contributed by atoms with E-state index >= 15 is 0 Å². The van der Waals surface area contributed by atoms with Gasteiger partial charge >= 0.3 is 0 Å². The summed E-state index contributed by atoms with van der Waals surface area (Å²) in [5, 5.41) is 21.8. The van der Waals surface area contributed by atoms with Crippen molar-refractivity contribution in [1.82, 2.24) is 10.2 Å². The van der Waals surface area contributed by atoms with E-state index in [0.29, 0.717) is 25.8 Å². The Morgan fingerprint density at radius 2 is 1.96 bits per heavy atom. The maximum atomic E-state index is 12.8. The first-order valence-electron chi connectivity index (χ1n) is 9.02. The lowest BCUT2D eigenvalue weighted by atomic mass is 9.82.